The molecule has 0 bridgehead atoms. The molecule has 2 aromatic rings. The summed E-state index contributed by atoms with van der Waals surface area (Å²) in [5, 5.41) is 1.37. The van der Waals surface area contributed by atoms with E-state index in [2.05, 4.69) is 9.97 Å². The smallest absolute Gasteiger partial charge is 0.316 e. The van der Waals surface area contributed by atoms with E-state index >= 15 is 0 Å². The van der Waals surface area contributed by atoms with Crippen LogP contribution in [0.15, 0.2) is 25.9 Å². The zero-order valence-electron chi connectivity index (χ0n) is 10.7. The largest absolute Gasteiger partial charge is 0.329 e. The Morgan fingerprint density at radius 3 is 2.74 bits per heavy atom. The number of hydrogen-bond donors (Lipinski definition) is 1. The number of aromatic nitrogens is 4. The van der Waals surface area contributed by atoms with Crippen molar-refractivity contribution in [2.75, 3.05) is 5.75 Å². The molecule has 8 heteroatoms. The van der Waals surface area contributed by atoms with Crippen LogP contribution in [-0.4, -0.2) is 24.9 Å². The summed E-state index contributed by atoms with van der Waals surface area (Å²) in [5.41, 5.74) is -0.130. The van der Waals surface area contributed by atoms with Crippen LogP contribution in [0.25, 0.3) is 11.2 Å². The van der Waals surface area contributed by atoms with Crippen LogP contribution >= 0.6 is 23.4 Å². The molecule has 0 spiro atoms. The van der Waals surface area contributed by atoms with E-state index in [1.807, 2.05) is 6.08 Å². The van der Waals surface area contributed by atoms with Crippen molar-refractivity contribution in [1.82, 2.24) is 19.1 Å². The highest BCUT2D eigenvalue weighted by Crippen LogP contribution is 2.20. The highest BCUT2D eigenvalue weighted by Gasteiger charge is 2.14. The Kier molecular flexibility index (Phi) is 3.86. The fraction of sp³-hybridized carbons (Fsp3) is 0.364. The van der Waals surface area contributed by atoms with Crippen molar-refractivity contribution < 1.29 is 0 Å². The van der Waals surface area contributed by atoms with Gasteiger partial charge in [-0.15, -0.1) is 0 Å². The van der Waals surface area contributed by atoms with Crippen LogP contribution in [0.3, 0.4) is 0 Å². The Morgan fingerprint density at radius 2 is 2.11 bits per heavy atom. The van der Waals surface area contributed by atoms with Crippen LogP contribution in [0.4, 0.5) is 0 Å². The predicted octanol–water partition coefficient (Wildman–Crippen LogP) is 1.19. The van der Waals surface area contributed by atoms with Crippen molar-refractivity contribution in [1.29, 1.82) is 0 Å². The molecule has 0 fully saturated rings. The second kappa shape index (κ2) is 5.26. The Balaban J connectivity index is 2.54. The fourth-order valence-corrected chi connectivity index (χ4v) is 2.74. The zero-order valence-corrected chi connectivity index (χ0v) is 12.3. The maximum Gasteiger partial charge on any atom is 0.329 e. The third kappa shape index (κ3) is 2.62. The van der Waals surface area contributed by atoms with Crippen LogP contribution in [-0.2, 0) is 14.1 Å². The van der Waals surface area contributed by atoms with E-state index in [0.717, 1.165) is 0 Å². The van der Waals surface area contributed by atoms with Gasteiger partial charge in [0.25, 0.3) is 5.56 Å². The third-order valence-electron chi connectivity index (χ3n) is 2.67. The Morgan fingerprint density at radius 1 is 1.42 bits per heavy atom. The zero-order chi connectivity index (χ0) is 14.2. The van der Waals surface area contributed by atoms with E-state index in [4.69, 9.17) is 11.6 Å². The molecule has 0 aliphatic heterocycles. The molecule has 0 aliphatic carbocycles. The average Bonchev–Trinajstić information content (AvgIpc) is 2.64. The number of fused-ring (bicyclic) bond motifs is 1. The molecular formula is C11H13ClN4O2S. The number of H-pyrrole nitrogens is 1. The number of rotatable bonds is 3. The molecule has 0 aliphatic rings. The second-order valence-electron chi connectivity index (χ2n) is 4.05. The molecule has 0 atom stereocenters. The predicted molar refractivity (Wildman–Crippen MR) is 76.9 cm³/mol. The van der Waals surface area contributed by atoms with Gasteiger partial charge >= 0.3 is 5.69 Å². The summed E-state index contributed by atoms with van der Waals surface area (Å²) in [6.07, 6.45) is 1.86. The molecule has 0 radical (unpaired) electrons. The minimum atomic E-state index is -0.469. The topological polar surface area (TPSA) is 72.7 Å². The first-order valence-electron chi connectivity index (χ1n) is 5.52. The Labute approximate surface area is 118 Å². The Bertz CT molecular complexity index is 767. The second-order valence-corrected chi connectivity index (χ2v) is 5.63. The minimum absolute atomic E-state index is 0.380. The number of nitrogens with zero attached hydrogens (tertiary/aromatic N) is 3. The van der Waals surface area contributed by atoms with Crippen molar-refractivity contribution in [3.63, 3.8) is 0 Å². The highest BCUT2D eigenvalue weighted by molar-refractivity contribution is 7.99. The standard InChI is InChI=1S/C11H13ClN4O2S/c1-6(12)4-5-19-11-13-8-7(15(11)2)9(17)14-10(18)16(8)3/h4H,5H2,1-3H3,(H,14,17,18). The lowest BCUT2D eigenvalue weighted by Gasteiger charge is -1.99. The third-order valence-corrected chi connectivity index (χ3v) is 3.78. The van der Waals surface area contributed by atoms with Gasteiger partial charge in [0.2, 0.25) is 0 Å². The minimum Gasteiger partial charge on any atom is -0.316 e. The van der Waals surface area contributed by atoms with Gasteiger partial charge in [-0.05, 0) is 6.92 Å². The molecule has 2 aromatic heterocycles. The van der Waals surface area contributed by atoms with Gasteiger partial charge in [0.05, 0.1) is 0 Å². The van der Waals surface area contributed by atoms with E-state index in [0.29, 0.717) is 27.1 Å². The first-order valence-corrected chi connectivity index (χ1v) is 6.89. The van der Waals surface area contributed by atoms with E-state index in [1.54, 1.807) is 25.6 Å². The molecule has 2 rings (SSSR count). The van der Waals surface area contributed by atoms with Crippen LogP contribution in [0.1, 0.15) is 6.92 Å². The normalized spacial score (nSPS) is 12.3. The lowest BCUT2D eigenvalue weighted by molar-refractivity contribution is 0.812. The molecule has 0 saturated carbocycles. The number of hydrogen-bond acceptors (Lipinski definition) is 4. The van der Waals surface area contributed by atoms with E-state index in [1.165, 1.54) is 16.3 Å². The molecule has 0 amide bonds. The molecule has 0 saturated heterocycles. The van der Waals surface area contributed by atoms with Gasteiger partial charge in [-0.1, -0.05) is 29.4 Å². The number of halogens is 1. The summed E-state index contributed by atoms with van der Waals surface area (Å²) in [4.78, 5) is 29.9. The number of aromatic amines is 1. The summed E-state index contributed by atoms with van der Waals surface area (Å²) in [7, 11) is 3.32. The molecule has 2 heterocycles. The van der Waals surface area contributed by atoms with Crippen molar-refractivity contribution in [2.24, 2.45) is 14.1 Å². The number of imidazole rings is 1. The Hall–Kier alpha value is -1.47. The highest BCUT2D eigenvalue weighted by atomic mass is 35.5. The van der Waals surface area contributed by atoms with Crippen molar-refractivity contribution >= 4 is 34.5 Å². The van der Waals surface area contributed by atoms with Gasteiger partial charge in [0.1, 0.15) is 0 Å². The van der Waals surface area contributed by atoms with Gasteiger partial charge in [-0.2, -0.15) is 0 Å². The van der Waals surface area contributed by atoms with Crippen LogP contribution in [0, 0.1) is 0 Å². The number of aryl methyl sites for hydroxylation is 2. The van der Waals surface area contributed by atoms with Crippen LogP contribution in [0.2, 0.25) is 0 Å². The quantitative estimate of drug-likeness (QED) is 0.864. The summed E-state index contributed by atoms with van der Waals surface area (Å²) >= 11 is 7.20. The molecule has 1 N–H and O–H groups in total. The van der Waals surface area contributed by atoms with E-state index < -0.39 is 11.2 Å². The van der Waals surface area contributed by atoms with Gasteiger partial charge < -0.3 is 4.57 Å². The van der Waals surface area contributed by atoms with Crippen LogP contribution < -0.4 is 11.2 Å². The van der Waals surface area contributed by atoms with Gasteiger partial charge in [0.15, 0.2) is 16.3 Å². The molecule has 6 nitrogen and oxygen atoms in total. The van der Waals surface area contributed by atoms with E-state index in [-0.39, 0.29) is 0 Å². The molecular weight excluding hydrogens is 288 g/mol. The number of allylic oxidation sites excluding steroid dienone is 1. The maximum atomic E-state index is 11.8. The maximum absolute atomic E-state index is 11.8. The monoisotopic (exact) mass is 300 g/mol. The number of nitrogens with one attached hydrogen (secondary N) is 1. The summed E-state index contributed by atoms with van der Waals surface area (Å²) in [5.74, 6) is 0.651. The van der Waals surface area contributed by atoms with Gasteiger partial charge in [-0.25, -0.2) is 9.78 Å². The fourth-order valence-electron chi connectivity index (χ4n) is 1.65. The van der Waals surface area contributed by atoms with E-state index in [9.17, 15) is 9.59 Å². The molecule has 0 aromatic carbocycles. The van der Waals surface area contributed by atoms with Crippen molar-refractivity contribution in [3.8, 4) is 0 Å². The summed E-state index contributed by atoms with van der Waals surface area (Å²) in [6, 6.07) is 0. The van der Waals surface area contributed by atoms with Crippen LogP contribution in [0.5, 0.6) is 0 Å². The lowest BCUT2D eigenvalue weighted by atomic mass is 10.5. The molecule has 102 valence electrons. The first-order chi connectivity index (χ1) is 8.91. The molecule has 0 unspecified atom stereocenters. The SMILES string of the molecule is CC(Cl)=CCSc1nc2c(c(=O)[nH]c(=O)n2C)n1C. The first kappa shape index (κ1) is 14.0. The summed E-state index contributed by atoms with van der Waals surface area (Å²) < 4.78 is 3.00. The lowest BCUT2D eigenvalue weighted by Crippen LogP contribution is -2.29. The van der Waals surface area contributed by atoms with Gasteiger partial charge in [-0.3, -0.25) is 14.3 Å². The molecule has 19 heavy (non-hydrogen) atoms. The number of thioether (sulfide) groups is 1. The average molecular weight is 301 g/mol. The van der Waals surface area contributed by atoms with Crippen molar-refractivity contribution in [2.45, 2.75) is 12.1 Å². The van der Waals surface area contributed by atoms with Crippen molar-refractivity contribution in [3.05, 3.63) is 31.9 Å². The van der Waals surface area contributed by atoms with Gasteiger partial charge in [0, 0.05) is 24.9 Å². The summed E-state index contributed by atoms with van der Waals surface area (Å²) in [6.45, 7) is 1.80.